The fourth-order valence-corrected chi connectivity index (χ4v) is 1.73. The van der Waals surface area contributed by atoms with Crippen molar-refractivity contribution in [2.24, 2.45) is 0 Å². The second-order valence-corrected chi connectivity index (χ2v) is 3.81. The first-order valence-corrected chi connectivity index (χ1v) is 5.18. The van der Waals surface area contributed by atoms with Crippen LogP contribution in [0.5, 0.6) is 0 Å². The van der Waals surface area contributed by atoms with Gasteiger partial charge in [0, 0.05) is 25.4 Å². The fraction of sp³-hybridized carbons (Fsp3) is 0.700. The molecule has 1 saturated heterocycles. The van der Waals surface area contributed by atoms with Crippen LogP contribution in [0.15, 0.2) is 6.07 Å². The normalized spacial score (nSPS) is 21.6. The predicted octanol–water partition coefficient (Wildman–Crippen LogP) is 0.987. The highest BCUT2D eigenvalue weighted by atomic mass is 16.5. The van der Waals surface area contributed by atoms with Crippen molar-refractivity contribution in [2.45, 2.75) is 32.4 Å². The number of hydrogen-bond donors (Lipinski definition) is 2. The molecule has 0 radical (unpaired) electrons. The molecule has 1 unspecified atom stereocenters. The molecule has 2 heterocycles. The van der Waals surface area contributed by atoms with Gasteiger partial charge in [-0.15, -0.1) is 0 Å². The predicted molar refractivity (Wildman–Crippen MR) is 54.0 cm³/mol. The molecule has 78 valence electrons. The summed E-state index contributed by atoms with van der Waals surface area (Å²) in [5.41, 5.74) is 2.18. The highest BCUT2D eigenvalue weighted by molar-refractivity contribution is 5.06. The lowest BCUT2D eigenvalue weighted by Crippen LogP contribution is -2.25. The lowest BCUT2D eigenvalue weighted by atomic mass is 10.2. The first-order valence-electron chi connectivity index (χ1n) is 5.18. The molecule has 1 atom stereocenters. The van der Waals surface area contributed by atoms with Gasteiger partial charge in [-0.2, -0.15) is 5.10 Å². The van der Waals surface area contributed by atoms with E-state index < -0.39 is 0 Å². The van der Waals surface area contributed by atoms with E-state index in [9.17, 15) is 0 Å². The molecule has 0 amide bonds. The van der Waals surface area contributed by atoms with E-state index in [1.54, 1.807) is 0 Å². The Morgan fingerprint density at radius 3 is 3.29 bits per heavy atom. The zero-order chi connectivity index (χ0) is 9.80. The summed E-state index contributed by atoms with van der Waals surface area (Å²) in [6.45, 7) is 4.69. The molecule has 0 bridgehead atoms. The molecule has 1 aromatic rings. The summed E-state index contributed by atoms with van der Waals surface area (Å²) in [5.74, 6) is 0. The maximum atomic E-state index is 5.51. The van der Waals surface area contributed by atoms with E-state index in [4.69, 9.17) is 4.74 Å². The van der Waals surface area contributed by atoms with E-state index in [1.807, 2.05) is 6.92 Å². The van der Waals surface area contributed by atoms with Crippen LogP contribution in [0.1, 0.15) is 24.2 Å². The van der Waals surface area contributed by atoms with E-state index in [-0.39, 0.29) is 0 Å². The lowest BCUT2D eigenvalue weighted by molar-refractivity contribution is 0.110. The summed E-state index contributed by atoms with van der Waals surface area (Å²) < 4.78 is 5.51. The van der Waals surface area contributed by atoms with Crippen molar-refractivity contribution < 1.29 is 4.74 Å². The SMILES string of the molecule is Cc1cc(CNCC2CCCO2)n[nH]1. The number of aryl methyl sites for hydroxylation is 1. The van der Waals surface area contributed by atoms with Gasteiger partial charge in [0.2, 0.25) is 0 Å². The van der Waals surface area contributed by atoms with Crippen LogP contribution in [-0.2, 0) is 11.3 Å². The van der Waals surface area contributed by atoms with Crippen LogP contribution in [0.25, 0.3) is 0 Å². The second-order valence-electron chi connectivity index (χ2n) is 3.81. The van der Waals surface area contributed by atoms with Crippen molar-refractivity contribution in [3.63, 3.8) is 0 Å². The van der Waals surface area contributed by atoms with Crippen molar-refractivity contribution in [3.05, 3.63) is 17.5 Å². The van der Waals surface area contributed by atoms with Gasteiger partial charge >= 0.3 is 0 Å². The molecule has 1 aromatic heterocycles. The molecule has 1 fully saturated rings. The minimum atomic E-state index is 0.412. The van der Waals surface area contributed by atoms with E-state index in [2.05, 4.69) is 21.6 Å². The number of nitrogens with zero attached hydrogens (tertiary/aromatic N) is 1. The zero-order valence-corrected chi connectivity index (χ0v) is 8.55. The molecule has 14 heavy (non-hydrogen) atoms. The van der Waals surface area contributed by atoms with Gasteiger partial charge < -0.3 is 10.1 Å². The van der Waals surface area contributed by atoms with Crippen LogP contribution in [-0.4, -0.2) is 29.5 Å². The Balaban J connectivity index is 1.67. The smallest absolute Gasteiger partial charge is 0.0762 e. The number of rotatable bonds is 4. The third kappa shape index (κ3) is 2.56. The van der Waals surface area contributed by atoms with Crippen LogP contribution >= 0.6 is 0 Å². The van der Waals surface area contributed by atoms with Crippen LogP contribution < -0.4 is 5.32 Å². The molecule has 0 aromatic carbocycles. The maximum absolute atomic E-state index is 5.51. The quantitative estimate of drug-likeness (QED) is 0.753. The minimum Gasteiger partial charge on any atom is -0.377 e. The Morgan fingerprint density at radius 1 is 1.71 bits per heavy atom. The second kappa shape index (κ2) is 4.57. The standard InChI is InChI=1S/C10H17N3O/c1-8-5-9(13-12-8)6-11-7-10-3-2-4-14-10/h5,10-11H,2-4,6-7H2,1H3,(H,12,13). The average Bonchev–Trinajstić information content (AvgIpc) is 2.77. The van der Waals surface area contributed by atoms with Crippen molar-refractivity contribution in [2.75, 3.05) is 13.2 Å². The molecule has 0 aliphatic carbocycles. The van der Waals surface area contributed by atoms with Crippen LogP contribution in [0.3, 0.4) is 0 Å². The Morgan fingerprint density at radius 2 is 2.64 bits per heavy atom. The van der Waals surface area contributed by atoms with Crippen LogP contribution in [0, 0.1) is 6.92 Å². The Kier molecular flexibility index (Phi) is 3.16. The summed E-state index contributed by atoms with van der Waals surface area (Å²) in [6, 6.07) is 2.06. The molecule has 0 spiro atoms. The van der Waals surface area contributed by atoms with E-state index >= 15 is 0 Å². The minimum absolute atomic E-state index is 0.412. The highest BCUT2D eigenvalue weighted by Gasteiger charge is 2.14. The summed E-state index contributed by atoms with van der Waals surface area (Å²) in [4.78, 5) is 0. The molecular weight excluding hydrogens is 178 g/mol. The van der Waals surface area contributed by atoms with Crippen LogP contribution in [0.2, 0.25) is 0 Å². The van der Waals surface area contributed by atoms with Gasteiger partial charge in [-0.3, -0.25) is 5.10 Å². The van der Waals surface area contributed by atoms with Gasteiger partial charge in [0.25, 0.3) is 0 Å². The van der Waals surface area contributed by atoms with E-state index in [0.717, 1.165) is 31.1 Å². The van der Waals surface area contributed by atoms with Crippen molar-refractivity contribution >= 4 is 0 Å². The van der Waals surface area contributed by atoms with Gasteiger partial charge in [-0.05, 0) is 25.8 Å². The largest absolute Gasteiger partial charge is 0.377 e. The van der Waals surface area contributed by atoms with Crippen molar-refractivity contribution in [1.82, 2.24) is 15.5 Å². The molecule has 4 heteroatoms. The summed E-state index contributed by atoms with van der Waals surface area (Å²) in [7, 11) is 0. The highest BCUT2D eigenvalue weighted by Crippen LogP contribution is 2.10. The Labute approximate surface area is 84.0 Å². The zero-order valence-electron chi connectivity index (χ0n) is 8.55. The molecule has 1 aliphatic heterocycles. The molecular formula is C10H17N3O. The van der Waals surface area contributed by atoms with Gasteiger partial charge in [0.1, 0.15) is 0 Å². The monoisotopic (exact) mass is 195 g/mol. The van der Waals surface area contributed by atoms with E-state index in [1.165, 1.54) is 12.8 Å². The number of hydrogen-bond acceptors (Lipinski definition) is 3. The van der Waals surface area contributed by atoms with Crippen LogP contribution in [0.4, 0.5) is 0 Å². The third-order valence-corrected chi connectivity index (χ3v) is 2.46. The molecule has 4 nitrogen and oxygen atoms in total. The van der Waals surface area contributed by atoms with Gasteiger partial charge in [0.15, 0.2) is 0 Å². The number of nitrogens with one attached hydrogen (secondary N) is 2. The fourth-order valence-electron chi connectivity index (χ4n) is 1.73. The first kappa shape index (κ1) is 9.68. The number of ether oxygens (including phenoxy) is 1. The first-order chi connectivity index (χ1) is 6.84. The van der Waals surface area contributed by atoms with Gasteiger partial charge in [-0.25, -0.2) is 0 Å². The summed E-state index contributed by atoms with van der Waals surface area (Å²) in [6.07, 6.45) is 2.80. The van der Waals surface area contributed by atoms with Crippen molar-refractivity contribution in [3.8, 4) is 0 Å². The van der Waals surface area contributed by atoms with Gasteiger partial charge in [-0.1, -0.05) is 0 Å². The topological polar surface area (TPSA) is 49.9 Å². The third-order valence-electron chi connectivity index (χ3n) is 2.46. The summed E-state index contributed by atoms with van der Waals surface area (Å²) >= 11 is 0. The molecule has 2 N–H and O–H groups in total. The Hall–Kier alpha value is -0.870. The average molecular weight is 195 g/mol. The molecule has 0 saturated carbocycles. The number of H-pyrrole nitrogens is 1. The van der Waals surface area contributed by atoms with Gasteiger partial charge in [0.05, 0.1) is 11.8 Å². The Bertz CT molecular complexity index is 279. The maximum Gasteiger partial charge on any atom is 0.0762 e. The number of aromatic amines is 1. The van der Waals surface area contributed by atoms with Crippen molar-refractivity contribution in [1.29, 1.82) is 0 Å². The lowest BCUT2D eigenvalue weighted by Gasteiger charge is -2.09. The molecule has 2 rings (SSSR count). The molecule has 1 aliphatic rings. The van der Waals surface area contributed by atoms with E-state index in [0.29, 0.717) is 6.10 Å². The summed E-state index contributed by atoms with van der Waals surface area (Å²) in [5, 5.41) is 10.4. The number of aromatic nitrogens is 2.